The quantitative estimate of drug-likeness (QED) is 0.366. The summed E-state index contributed by atoms with van der Waals surface area (Å²) in [6.07, 6.45) is 0. The van der Waals surface area contributed by atoms with Gasteiger partial charge >= 0.3 is 40.1 Å². The number of hydrogen-bond donors (Lipinski definition) is 0. The SMILES string of the molecule is CC(=O)[O-].CC(=O)[O-].CC(=O)[O-].CC(=O)[O-].CC(=O)[O-].[Fe+3].[Mg+2]. The van der Waals surface area contributed by atoms with E-state index < -0.39 is 29.8 Å². The molecule has 12 heteroatoms. The van der Waals surface area contributed by atoms with Gasteiger partial charge in [0.2, 0.25) is 0 Å². The monoisotopic (exact) mass is 375 g/mol. The number of rotatable bonds is 0. The molecular weight excluding hydrogens is 360 g/mol. The minimum absolute atomic E-state index is 0. The predicted octanol–water partition coefficient (Wildman–Crippen LogP) is -6.60. The van der Waals surface area contributed by atoms with Gasteiger partial charge < -0.3 is 49.5 Å². The van der Waals surface area contributed by atoms with E-state index in [1.54, 1.807) is 0 Å². The van der Waals surface area contributed by atoms with Crippen LogP contribution in [-0.2, 0) is 41.0 Å². The Bertz CT molecular complexity index is 216. The van der Waals surface area contributed by atoms with Crippen molar-refractivity contribution in [1.29, 1.82) is 0 Å². The molecule has 0 aromatic heterocycles. The zero-order valence-electron chi connectivity index (χ0n) is 12.6. The standard InChI is InChI=1S/5C2H4O2.Fe.Mg/c5*1-2(3)4;;/h5*1H3,(H,3,4);;/q;;;;;+3;+2/p-5. The van der Waals surface area contributed by atoms with E-state index in [2.05, 4.69) is 0 Å². The Balaban J connectivity index is -0.0000000250. The summed E-state index contributed by atoms with van der Waals surface area (Å²) in [7, 11) is 0. The summed E-state index contributed by atoms with van der Waals surface area (Å²) in [5.74, 6) is -5.42. The Morgan fingerprint density at radius 1 is 0.455 bits per heavy atom. The van der Waals surface area contributed by atoms with Crippen LogP contribution in [0, 0.1) is 0 Å². The molecule has 0 aromatic carbocycles. The van der Waals surface area contributed by atoms with Gasteiger partial charge in [-0.3, -0.25) is 0 Å². The van der Waals surface area contributed by atoms with Gasteiger partial charge in [-0.1, -0.05) is 0 Å². The fourth-order valence-electron chi connectivity index (χ4n) is 0. The Morgan fingerprint density at radius 2 is 0.455 bits per heavy atom. The summed E-state index contributed by atoms with van der Waals surface area (Å²) in [6, 6.07) is 0. The molecule has 0 heterocycles. The van der Waals surface area contributed by atoms with Crippen LogP contribution in [0.5, 0.6) is 0 Å². The van der Waals surface area contributed by atoms with Crippen molar-refractivity contribution in [2.75, 3.05) is 0 Å². The van der Waals surface area contributed by atoms with Crippen LogP contribution in [0.3, 0.4) is 0 Å². The fourth-order valence-corrected chi connectivity index (χ4v) is 0. The summed E-state index contributed by atoms with van der Waals surface area (Å²) in [5.41, 5.74) is 0. The van der Waals surface area contributed by atoms with Crippen LogP contribution in [0.25, 0.3) is 0 Å². The molecule has 0 saturated heterocycles. The molecular formula is C10H15FeMgO10. The zero-order valence-corrected chi connectivity index (χ0v) is 15.2. The van der Waals surface area contributed by atoms with E-state index in [0.29, 0.717) is 0 Å². The van der Waals surface area contributed by atoms with Crippen molar-refractivity contribution in [3.8, 4) is 0 Å². The summed E-state index contributed by atoms with van der Waals surface area (Å²) in [4.78, 5) is 44.4. The van der Waals surface area contributed by atoms with Gasteiger partial charge in [0.15, 0.2) is 0 Å². The van der Waals surface area contributed by atoms with Gasteiger partial charge in [-0.15, -0.1) is 0 Å². The molecule has 0 bridgehead atoms. The molecule has 0 aliphatic rings. The van der Waals surface area contributed by atoms with Gasteiger partial charge in [-0.25, -0.2) is 0 Å². The molecule has 0 atom stereocenters. The van der Waals surface area contributed by atoms with Crippen LogP contribution in [0.15, 0.2) is 0 Å². The third-order valence-electron chi connectivity index (χ3n) is 0. The first-order chi connectivity index (χ1) is 8.66. The number of carbonyl (C=O) groups excluding carboxylic acids is 5. The molecule has 0 amide bonds. The Hall–Kier alpha value is -1.36. The molecule has 0 N–H and O–H groups in total. The maximum absolute atomic E-state index is 8.89. The largest absolute Gasteiger partial charge is 3.00 e. The summed E-state index contributed by atoms with van der Waals surface area (Å²) < 4.78 is 0. The van der Waals surface area contributed by atoms with Crippen LogP contribution in [0.1, 0.15) is 34.6 Å². The van der Waals surface area contributed by atoms with Gasteiger partial charge in [0.1, 0.15) is 0 Å². The Labute approximate surface area is 154 Å². The molecule has 0 saturated carbocycles. The molecule has 0 unspecified atom stereocenters. The average Bonchev–Trinajstić information content (AvgIpc) is 1.94. The zero-order chi connectivity index (χ0) is 17.9. The van der Waals surface area contributed by atoms with E-state index in [9.17, 15) is 0 Å². The van der Waals surface area contributed by atoms with Crippen LogP contribution in [0.4, 0.5) is 0 Å². The summed E-state index contributed by atoms with van der Waals surface area (Å²) in [5, 5.41) is 44.4. The van der Waals surface area contributed by atoms with Crippen molar-refractivity contribution in [2.45, 2.75) is 34.6 Å². The van der Waals surface area contributed by atoms with E-state index >= 15 is 0 Å². The number of hydrogen-bond acceptors (Lipinski definition) is 10. The van der Waals surface area contributed by atoms with Crippen molar-refractivity contribution in [3.63, 3.8) is 0 Å². The molecule has 22 heavy (non-hydrogen) atoms. The van der Waals surface area contributed by atoms with Crippen LogP contribution in [-0.4, -0.2) is 52.9 Å². The van der Waals surface area contributed by atoms with E-state index in [1.165, 1.54) is 0 Å². The minimum atomic E-state index is -1.08. The molecule has 0 aliphatic heterocycles. The second-order valence-corrected chi connectivity index (χ2v) is 2.46. The third kappa shape index (κ3) is 3110. The van der Waals surface area contributed by atoms with E-state index in [0.717, 1.165) is 34.6 Å². The molecule has 1 radical (unpaired) electrons. The fraction of sp³-hybridized carbons (Fsp3) is 0.500. The molecule has 0 aromatic rings. The topological polar surface area (TPSA) is 201 Å². The van der Waals surface area contributed by atoms with Crippen molar-refractivity contribution in [2.24, 2.45) is 0 Å². The van der Waals surface area contributed by atoms with E-state index in [1.807, 2.05) is 0 Å². The van der Waals surface area contributed by atoms with Crippen molar-refractivity contribution in [1.82, 2.24) is 0 Å². The molecule has 0 rings (SSSR count). The second-order valence-electron chi connectivity index (χ2n) is 2.46. The van der Waals surface area contributed by atoms with E-state index in [4.69, 9.17) is 49.5 Å². The molecule has 125 valence electrons. The van der Waals surface area contributed by atoms with Crippen LogP contribution < -0.4 is 25.5 Å². The molecule has 10 nitrogen and oxygen atoms in total. The van der Waals surface area contributed by atoms with Gasteiger partial charge in [0.25, 0.3) is 0 Å². The van der Waals surface area contributed by atoms with Crippen molar-refractivity contribution < 1.29 is 66.6 Å². The van der Waals surface area contributed by atoms with Gasteiger partial charge in [-0.05, 0) is 34.6 Å². The summed E-state index contributed by atoms with van der Waals surface area (Å²) in [6.45, 7) is 4.86. The molecule has 0 aliphatic carbocycles. The maximum atomic E-state index is 8.89. The van der Waals surface area contributed by atoms with Crippen LogP contribution in [0.2, 0.25) is 0 Å². The first kappa shape index (κ1) is 42.8. The maximum Gasteiger partial charge on any atom is 3.00 e. The van der Waals surface area contributed by atoms with Crippen molar-refractivity contribution >= 4 is 52.9 Å². The number of aliphatic carboxylic acids is 5. The number of carbonyl (C=O) groups is 5. The predicted molar refractivity (Wildman–Crippen MR) is 59.2 cm³/mol. The van der Waals surface area contributed by atoms with Crippen molar-refractivity contribution in [3.05, 3.63) is 0 Å². The van der Waals surface area contributed by atoms with E-state index in [-0.39, 0.29) is 40.1 Å². The first-order valence-electron chi connectivity index (χ1n) is 4.54. The average molecular weight is 375 g/mol. The molecule has 0 fully saturated rings. The normalized spacial score (nSPS) is 5.68. The third-order valence-corrected chi connectivity index (χ3v) is 0. The van der Waals surface area contributed by atoms with Crippen LogP contribution >= 0.6 is 0 Å². The summed E-state index contributed by atoms with van der Waals surface area (Å²) >= 11 is 0. The Morgan fingerprint density at radius 3 is 0.455 bits per heavy atom. The Kier molecular flexibility index (Phi) is 71.3. The smallest absolute Gasteiger partial charge is 0.550 e. The minimum Gasteiger partial charge on any atom is -0.550 e. The van der Waals surface area contributed by atoms with Gasteiger partial charge in [0.05, 0.1) is 0 Å². The van der Waals surface area contributed by atoms with Gasteiger partial charge in [-0.2, -0.15) is 0 Å². The van der Waals surface area contributed by atoms with Gasteiger partial charge in [0, 0.05) is 29.8 Å². The first-order valence-corrected chi connectivity index (χ1v) is 4.54. The second kappa shape index (κ2) is 36.7. The molecule has 0 spiro atoms. The number of carboxylic acids is 5. The number of carboxylic acid groups (broad SMARTS) is 5.